The Balaban J connectivity index is 1.63. The second-order valence-corrected chi connectivity index (χ2v) is 10.7. The molecule has 1 fully saturated rings. The largest absolute Gasteiger partial charge is 0.497 e. The number of amides is 1. The third kappa shape index (κ3) is 5.88. The van der Waals surface area contributed by atoms with Crippen LogP contribution in [0.15, 0.2) is 71.6 Å². The summed E-state index contributed by atoms with van der Waals surface area (Å²) in [7, 11) is -0.172. The summed E-state index contributed by atoms with van der Waals surface area (Å²) in [6.07, 6.45) is 0. The Morgan fingerprint density at radius 1 is 0.900 bits per heavy atom. The molecule has 0 saturated carbocycles. The summed E-state index contributed by atoms with van der Waals surface area (Å²) in [6.45, 7) is 1.23. The SMILES string of the molecule is COc1ccc(N2CCN(C(=O)CN(c3ccc(OC)cc3OC)S(=O)(=O)c3ccccc3[N+](=O)[O-])CC2)cc1. The molecule has 40 heavy (non-hydrogen) atoms. The first kappa shape index (κ1) is 28.5. The zero-order chi connectivity index (χ0) is 28.9. The van der Waals surface area contributed by atoms with Crippen LogP contribution in [-0.4, -0.2) is 78.2 Å². The van der Waals surface area contributed by atoms with Crippen molar-refractivity contribution >= 4 is 33.0 Å². The number of nitro groups is 1. The highest BCUT2D eigenvalue weighted by molar-refractivity contribution is 7.93. The first-order valence-corrected chi connectivity index (χ1v) is 13.8. The Morgan fingerprint density at radius 3 is 2.12 bits per heavy atom. The number of nitro benzene ring substituents is 1. The van der Waals surface area contributed by atoms with Gasteiger partial charge < -0.3 is 24.0 Å². The molecule has 12 nitrogen and oxygen atoms in total. The van der Waals surface area contributed by atoms with E-state index in [0.717, 1.165) is 27.9 Å². The summed E-state index contributed by atoms with van der Waals surface area (Å²) in [6, 6.07) is 17.1. The first-order chi connectivity index (χ1) is 19.2. The summed E-state index contributed by atoms with van der Waals surface area (Å²) < 4.78 is 44.6. The molecule has 1 aliphatic rings. The van der Waals surface area contributed by atoms with Gasteiger partial charge in [0.05, 0.1) is 31.9 Å². The van der Waals surface area contributed by atoms with Crippen LogP contribution in [0.5, 0.6) is 17.2 Å². The maximum atomic E-state index is 13.9. The molecule has 3 aromatic carbocycles. The Bertz CT molecular complexity index is 1470. The van der Waals surface area contributed by atoms with E-state index in [0.29, 0.717) is 31.9 Å². The van der Waals surface area contributed by atoms with E-state index in [9.17, 15) is 23.3 Å². The quantitative estimate of drug-likeness (QED) is 0.266. The van der Waals surface area contributed by atoms with E-state index in [1.807, 2.05) is 24.3 Å². The number of rotatable bonds is 10. The molecule has 0 aliphatic carbocycles. The van der Waals surface area contributed by atoms with E-state index in [2.05, 4.69) is 4.90 Å². The standard InChI is InChI=1S/C27H30N4O8S/c1-37-21-10-8-20(9-11-21)28-14-16-29(17-15-28)27(32)19-30(23-13-12-22(38-2)18-25(23)39-3)40(35,36)26-7-5-4-6-24(26)31(33)34/h4-13,18H,14-17,19H2,1-3H3. The summed E-state index contributed by atoms with van der Waals surface area (Å²) in [5, 5.41) is 11.7. The molecule has 0 radical (unpaired) electrons. The van der Waals surface area contributed by atoms with Crippen LogP contribution in [0.25, 0.3) is 0 Å². The molecule has 212 valence electrons. The van der Waals surface area contributed by atoms with Gasteiger partial charge in [-0.3, -0.25) is 19.2 Å². The monoisotopic (exact) mass is 570 g/mol. The van der Waals surface area contributed by atoms with Gasteiger partial charge in [0.1, 0.15) is 23.8 Å². The fraction of sp³-hybridized carbons (Fsp3) is 0.296. The predicted molar refractivity (Wildman–Crippen MR) is 149 cm³/mol. The lowest BCUT2D eigenvalue weighted by Gasteiger charge is -2.37. The lowest BCUT2D eigenvalue weighted by molar-refractivity contribution is -0.387. The highest BCUT2D eigenvalue weighted by Crippen LogP contribution is 2.37. The topological polar surface area (TPSA) is 132 Å². The molecular weight excluding hydrogens is 540 g/mol. The number of anilines is 2. The van der Waals surface area contributed by atoms with Crippen molar-refractivity contribution in [1.29, 1.82) is 0 Å². The van der Waals surface area contributed by atoms with Crippen molar-refractivity contribution in [3.63, 3.8) is 0 Å². The smallest absolute Gasteiger partial charge is 0.289 e. The van der Waals surface area contributed by atoms with Gasteiger partial charge in [0.2, 0.25) is 5.91 Å². The van der Waals surface area contributed by atoms with Gasteiger partial charge in [-0.05, 0) is 42.5 Å². The lowest BCUT2D eigenvalue weighted by atomic mass is 10.2. The van der Waals surface area contributed by atoms with Crippen LogP contribution >= 0.6 is 0 Å². The number of nitrogens with zero attached hydrogens (tertiary/aromatic N) is 4. The highest BCUT2D eigenvalue weighted by Gasteiger charge is 2.36. The van der Waals surface area contributed by atoms with Crippen molar-refractivity contribution in [2.45, 2.75) is 4.90 Å². The van der Waals surface area contributed by atoms with Gasteiger partial charge in [-0.25, -0.2) is 8.42 Å². The molecule has 3 aromatic rings. The summed E-state index contributed by atoms with van der Waals surface area (Å²) in [4.78, 5) is 27.6. The Morgan fingerprint density at radius 2 is 1.52 bits per heavy atom. The number of para-hydroxylation sites is 1. The number of carbonyl (C=O) groups excluding carboxylic acids is 1. The zero-order valence-corrected chi connectivity index (χ0v) is 23.2. The maximum absolute atomic E-state index is 13.9. The lowest BCUT2D eigenvalue weighted by Crippen LogP contribution is -2.52. The van der Waals surface area contributed by atoms with Crippen LogP contribution in [0, 0.1) is 10.1 Å². The van der Waals surface area contributed by atoms with Crippen molar-refractivity contribution < 1.29 is 32.3 Å². The van der Waals surface area contributed by atoms with Crippen LogP contribution in [0.2, 0.25) is 0 Å². The number of ether oxygens (including phenoxy) is 3. The number of hydrogen-bond acceptors (Lipinski definition) is 9. The van der Waals surface area contributed by atoms with Gasteiger partial charge >= 0.3 is 0 Å². The van der Waals surface area contributed by atoms with Gasteiger partial charge in [-0.1, -0.05) is 12.1 Å². The van der Waals surface area contributed by atoms with Crippen LogP contribution in [0.4, 0.5) is 17.1 Å². The molecule has 0 unspecified atom stereocenters. The third-order valence-corrected chi connectivity index (χ3v) is 8.44. The molecule has 1 heterocycles. The van der Waals surface area contributed by atoms with Gasteiger partial charge in [0.25, 0.3) is 15.7 Å². The number of methoxy groups -OCH3 is 3. The molecule has 1 aliphatic heterocycles. The van der Waals surface area contributed by atoms with E-state index in [-0.39, 0.29) is 11.4 Å². The zero-order valence-electron chi connectivity index (χ0n) is 22.3. The van der Waals surface area contributed by atoms with Gasteiger partial charge in [-0.15, -0.1) is 0 Å². The second-order valence-electron chi connectivity index (χ2n) is 8.84. The number of sulfonamides is 1. The van der Waals surface area contributed by atoms with Crippen LogP contribution < -0.4 is 23.4 Å². The molecule has 0 N–H and O–H groups in total. The van der Waals surface area contributed by atoms with E-state index in [1.165, 1.54) is 44.6 Å². The van der Waals surface area contributed by atoms with Crippen LogP contribution in [-0.2, 0) is 14.8 Å². The molecule has 13 heteroatoms. The fourth-order valence-corrected chi connectivity index (χ4v) is 6.05. The van der Waals surface area contributed by atoms with Crippen molar-refractivity contribution in [3.8, 4) is 17.2 Å². The van der Waals surface area contributed by atoms with Crippen LogP contribution in [0.1, 0.15) is 0 Å². The number of benzene rings is 3. The minimum atomic E-state index is -4.58. The van der Waals surface area contributed by atoms with E-state index < -0.39 is 38.0 Å². The maximum Gasteiger partial charge on any atom is 0.289 e. The molecule has 0 spiro atoms. The molecular formula is C27H30N4O8S. The molecule has 1 saturated heterocycles. The summed E-state index contributed by atoms with van der Waals surface area (Å²) >= 11 is 0. The number of hydrogen-bond donors (Lipinski definition) is 0. The molecule has 0 bridgehead atoms. The number of carbonyl (C=O) groups is 1. The van der Waals surface area contributed by atoms with Crippen molar-refractivity contribution in [2.24, 2.45) is 0 Å². The van der Waals surface area contributed by atoms with E-state index >= 15 is 0 Å². The highest BCUT2D eigenvalue weighted by atomic mass is 32.2. The van der Waals surface area contributed by atoms with Crippen molar-refractivity contribution in [1.82, 2.24) is 4.90 Å². The summed E-state index contributed by atoms with van der Waals surface area (Å²) in [5.74, 6) is 0.823. The fourth-order valence-electron chi connectivity index (χ4n) is 4.47. The van der Waals surface area contributed by atoms with E-state index in [1.54, 1.807) is 12.0 Å². The average Bonchev–Trinajstić information content (AvgIpc) is 2.99. The molecule has 4 rings (SSSR count). The summed E-state index contributed by atoms with van der Waals surface area (Å²) in [5.41, 5.74) is 0.434. The molecule has 1 amide bonds. The average molecular weight is 571 g/mol. The van der Waals surface area contributed by atoms with Crippen LogP contribution in [0.3, 0.4) is 0 Å². The Kier molecular flexibility index (Phi) is 8.63. The number of piperazine rings is 1. The normalized spacial score (nSPS) is 13.5. The van der Waals surface area contributed by atoms with Crippen molar-refractivity contribution in [2.75, 3.05) is 63.3 Å². The first-order valence-electron chi connectivity index (χ1n) is 12.3. The third-order valence-electron chi connectivity index (χ3n) is 6.63. The van der Waals surface area contributed by atoms with Gasteiger partial charge in [0, 0.05) is 44.0 Å². The minimum Gasteiger partial charge on any atom is -0.497 e. The molecule has 0 atom stereocenters. The van der Waals surface area contributed by atoms with Crippen molar-refractivity contribution in [3.05, 3.63) is 76.8 Å². The van der Waals surface area contributed by atoms with E-state index in [4.69, 9.17) is 14.2 Å². The minimum absolute atomic E-state index is 0.0478. The Hall–Kier alpha value is -4.52. The van der Waals surface area contributed by atoms with Gasteiger partial charge in [-0.2, -0.15) is 0 Å². The predicted octanol–water partition coefficient (Wildman–Crippen LogP) is 3.16. The second kappa shape index (κ2) is 12.1. The van der Waals surface area contributed by atoms with Gasteiger partial charge in [0.15, 0.2) is 4.90 Å². The Labute approximate surface area is 232 Å². The molecule has 0 aromatic heterocycles.